The zero-order valence-electron chi connectivity index (χ0n) is 13.0. The molecule has 0 unspecified atom stereocenters. The predicted octanol–water partition coefficient (Wildman–Crippen LogP) is 3.14. The molecule has 1 N–H and O–H groups in total. The number of fused-ring (bicyclic) bond motifs is 1. The number of nitrogens with zero attached hydrogens (tertiary/aromatic N) is 1. The van der Waals surface area contributed by atoms with Gasteiger partial charge in [0.15, 0.2) is 0 Å². The Hall–Kier alpha value is -2.87. The lowest BCUT2D eigenvalue weighted by atomic mass is 10.2. The number of thioether (sulfide) groups is 1. The van der Waals surface area contributed by atoms with E-state index >= 15 is 0 Å². The third-order valence-electron chi connectivity index (χ3n) is 3.64. The van der Waals surface area contributed by atoms with Crippen molar-refractivity contribution in [2.45, 2.75) is 23.2 Å². The van der Waals surface area contributed by atoms with Gasteiger partial charge in [-0.25, -0.2) is 0 Å². The molecular weight excluding hydrogens is 344 g/mol. The number of hydrogen-bond donors (Lipinski definition) is 1. The van der Waals surface area contributed by atoms with E-state index in [0.29, 0.717) is 5.56 Å². The number of carbonyl (C=O) groups is 2. The summed E-state index contributed by atoms with van der Waals surface area (Å²) in [5.41, 5.74) is 0.933. The number of hydrogen-bond acceptors (Lipinski definition) is 6. The topological polar surface area (TPSA) is 98.5 Å². The number of nitro groups is 1. The van der Waals surface area contributed by atoms with Crippen LogP contribution in [0.5, 0.6) is 0 Å². The summed E-state index contributed by atoms with van der Waals surface area (Å²) in [6, 6.07) is 13.4. The highest BCUT2D eigenvalue weighted by molar-refractivity contribution is 8.01. The molecule has 2 aromatic rings. The summed E-state index contributed by atoms with van der Waals surface area (Å²) in [7, 11) is 0. The number of rotatable bonds is 5. The number of nitro benzene ring substituents is 1. The van der Waals surface area contributed by atoms with Gasteiger partial charge in [-0.05, 0) is 18.2 Å². The van der Waals surface area contributed by atoms with Crippen molar-refractivity contribution < 1.29 is 19.2 Å². The minimum Gasteiger partial charge on any atom is -0.460 e. The van der Waals surface area contributed by atoms with E-state index in [0.717, 1.165) is 10.6 Å². The predicted molar refractivity (Wildman–Crippen MR) is 92.2 cm³/mol. The van der Waals surface area contributed by atoms with Gasteiger partial charge < -0.3 is 10.1 Å². The zero-order chi connectivity index (χ0) is 17.8. The molecule has 1 amide bonds. The first kappa shape index (κ1) is 17.0. The minimum atomic E-state index is -0.590. The summed E-state index contributed by atoms with van der Waals surface area (Å²) in [5, 5.41) is 13.1. The standard InChI is InChI=1S/C17H14N2O5S/c20-16(24-10-11-5-1-3-7-13(11)19(22)23)9-15-17(21)18-12-6-2-4-8-14(12)25-15/h1-8,15H,9-10H2,(H,18,21)/t15-/m0/s1. The second kappa shape index (κ2) is 7.35. The van der Waals surface area contributed by atoms with E-state index in [9.17, 15) is 19.7 Å². The van der Waals surface area contributed by atoms with Crippen LogP contribution in [-0.2, 0) is 20.9 Å². The maximum Gasteiger partial charge on any atom is 0.307 e. The molecule has 1 heterocycles. The van der Waals surface area contributed by atoms with Crippen LogP contribution in [0, 0.1) is 10.1 Å². The molecule has 3 rings (SSSR count). The first-order chi connectivity index (χ1) is 12.0. The van der Waals surface area contributed by atoms with Crippen molar-refractivity contribution in [3.8, 4) is 0 Å². The van der Waals surface area contributed by atoms with Crippen molar-refractivity contribution in [3.05, 3.63) is 64.2 Å². The van der Waals surface area contributed by atoms with Gasteiger partial charge in [0.1, 0.15) is 6.61 Å². The van der Waals surface area contributed by atoms with E-state index in [1.54, 1.807) is 18.2 Å². The van der Waals surface area contributed by atoms with Crippen molar-refractivity contribution in [1.29, 1.82) is 0 Å². The molecule has 8 heteroatoms. The van der Waals surface area contributed by atoms with Crippen LogP contribution in [0.4, 0.5) is 11.4 Å². The lowest BCUT2D eigenvalue weighted by Gasteiger charge is -2.23. The van der Waals surface area contributed by atoms with Gasteiger partial charge in [-0.3, -0.25) is 19.7 Å². The van der Waals surface area contributed by atoms with Gasteiger partial charge >= 0.3 is 5.97 Å². The molecular formula is C17H14N2O5S. The van der Waals surface area contributed by atoms with Crippen LogP contribution in [0.25, 0.3) is 0 Å². The quantitative estimate of drug-likeness (QED) is 0.501. The van der Waals surface area contributed by atoms with Crippen molar-refractivity contribution >= 4 is 35.0 Å². The van der Waals surface area contributed by atoms with Crippen LogP contribution in [0.2, 0.25) is 0 Å². The Morgan fingerprint density at radius 2 is 1.92 bits per heavy atom. The van der Waals surface area contributed by atoms with Gasteiger partial charge in [0.05, 0.1) is 27.8 Å². The fraction of sp³-hybridized carbons (Fsp3) is 0.176. The Balaban J connectivity index is 1.60. The Bertz CT molecular complexity index is 839. The van der Waals surface area contributed by atoms with Gasteiger partial charge in [-0.2, -0.15) is 0 Å². The van der Waals surface area contributed by atoms with E-state index in [1.165, 1.54) is 23.9 Å². The summed E-state index contributed by atoms with van der Waals surface area (Å²) in [6.45, 7) is -0.203. The first-order valence-electron chi connectivity index (χ1n) is 7.49. The summed E-state index contributed by atoms with van der Waals surface area (Å²) >= 11 is 1.30. The van der Waals surface area contributed by atoms with Gasteiger partial charge in [0, 0.05) is 11.0 Å². The number of nitrogens with one attached hydrogen (secondary N) is 1. The third kappa shape index (κ3) is 3.97. The Labute approximate surface area is 147 Å². The lowest BCUT2D eigenvalue weighted by Crippen LogP contribution is -2.31. The van der Waals surface area contributed by atoms with Crippen LogP contribution in [0.15, 0.2) is 53.4 Å². The highest BCUT2D eigenvalue weighted by Crippen LogP contribution is 2.36. The second-order valence-electron chi connectivity index (χ2n) is 5.34. The molecule has 0 aromatic heterocycles. The van der Waals surface area contributed by atoms with Crippen LogP contribution in [-0.4, -0.2) is 22.0 Å². The number of carbonyl (C=O) groups excluding carboxylic acids is 2. The molecule has 2 aromatic carbocycles. The summed E-state index contributed by atoms with van der Waals surface area (Å²) in [5.74, 6) is -0.837. The third-order valence-corrected chi connectivity index (χ3v) is 4.91. The maximum atomic E-state index is 12.1. The smallest absolute Gasteiger partial charge is 0.307 e. The molecule has 0 spiro atoms. The normalized spacial score (nSPS) is 15.8. The molecule has 1 atom stereocenters. The molecule has 1 aliphatic rings. The zero-order valence-corrected chi connectivity index (χ0v) is 13.8. The van der Waals surface area contributed by atoms with Crippen molar-refractivity contribution in [3.63, 3.8) is 0 Å². The van der Waals surface area contributed by atoms with E-state index in [-0.39, 0.29) is 24.6 Å². The Morgan fingerprint density at radius 1 is 1.20 bits per heavy atom. The molecule has 0 saturated carbocycles. The number of esters is 1. The number of ether oxygens (including phenoxy) is 1. The summed E-state index contributed by atoms with van der Waals surface area (Å²) < 4.78 is 5.12. The molecule has 7 nitrogen and oxygen atoms in total. The molecule has 0 fully saturated rings. The number of anilines is 1. The van der Waals surface area contributed by atoms with E-state index < -0.39 is 16.1 Å². The van der Waals surface area contributed by atoms with Crippen LogP contribution in [0.3, 0.4) is 0 Å². The highest BCUT2D eigenvalue weighted by atomic mass is 32.2. The lowest BCUT2D eigenvalue weighted by molar-refractivity contribution is -0.385. The number of amides is 1. The fourth-order valence-electron chi connectivity index (χ4n) is 2.41. The maximum absolute atomic E-state index is 12.1. The van der Waals surface area contributed by atoms with E-state index in [2.05, 4.69) is 5.32 Å². The molecule has 128 valence electrons. The molecule has 0 radical (unpaired) electrons. The van der Waals surface area contributed by atoms with Crippen LogP contribution >= 0.6 is 11.8 Å². The van der Waals surface area contributed by atoms with Crippen molar-refractivity contribution in [2.75, 3.05) is 5.32 Å². The van der Waals surface area contributed by atoms with Crippen molar-refractivity contribution in [1.82, 2.24) is 0 Å². The summed E-state index contributed by atoms with van der Waals surface area (Å²) in [6.07, 6.45) is -0.106. The average molecular weight is 358 g/mol. The van der Waals surface area contributed by atoms with Crippen LogP contribution < -0.4 is 5.32 Å². The van der Waals surface area contributed by atoms with Gasteiger partial charge in [-0.1, -0.05) is 24.3 Å². The van der Waals surface area contributed by atoms with E-state index in [1.807, 2.05) is 18.2 Å². The average Bonchev–Trinajstić information content (AvgIpc) is 2.60. The molecule has 25 heavy (non-hydrogen) atoms. The van der Waals surface area contributed by atoms with Gasteiger partial charge in [0.2, 0.25) is 5.91 Å². The molecule has 0 saturated heterocycles. The van der Waals surface area contributed by atoms with Gasteiger partial charge in [-0.15, -0.1) is 11.8 Å². The number of benzene rings is 2. The monoisotopic (exact) mass is 358 g/mol. The fourth-order valence-corrected chi connectivity index (χ4v) is 3.50. The Morgan fingerprint density at radius 3 is 2.72 bits per heavy atom. The molecule has 0 aliphatic carbocycles. The first-order valence-corrected chi connectivity index (χ1v) is 8.37. The summed E-state index contributed by atoms with van der Waals surface area (Å²) in [4.78, 5) is 35.4. The molecule has 0 bridgehead atoms. The second-order valence-corrected chi connectivity index (χ2v) is 6.59. The van der Waals surface area contributed by atoms with Gasteiger partial charge in [0.25, 0.3) is 5.69 Å². The van der Waals surface area contributed by atoms with Crippen LogP contribution in [0.1, 0.15) is 12.0 Å². The minimum absolute atomic E-state index is 0.103. The number of para-hydroxylation sites is 2. The largest absolute Gasteiger partial charge is 0.460 e. The van der Waals surface area contributed by atoms with Crippen molar-refractivity contribution in [2.24, 2.45) is 0 Å². The van der Waals surface area contributed by atoms with E-state index in [4.69, 9.17) is 4.74 Å². The SMILES string of the molecule is O=C(C[C@@H]1Sc2ccccc2NC1=O)OCc1ccccc1[N+](=O)[O-]. The molecule has 1 aliphatic heterocycles. The Kier molecular flexibility index (Phi) is 4.99. The highest BCUT2D eigenvalue weighted by Gasteiger charge is 2.29.